The number of carboxylic acids is 1. The van der Waals surface area contributed by atoms with E-state index in [0.717, 1.165) is 15.4 Å². The smallest absolute Gasteiger partial charge is 0.336 e. The van der Waals surface area contributed by atoms with Crippen LogP contribution in [0.1, 0.15) is 15.9 Å². The van der Waals surface area contributed by atoms with Crippen LogP contribution in [0.3, 0.4) is 0 Å². The number of aromatic carboxylic acids is 1. The number of benzene rings is 2. The molecule has 0 spiro atoms. The summed E-state index contributed by atoms with van der Waals surface area (Å²) in [6.07, 6.45) is 0. The Morgan fingerprint density at radius 1 is 1.22 bits per heavy atom. The van der Waals surface area contributed by atoms with Gasteiger partial charge in [0.05, 0.1) is 5.56 Å². The molecule has 2 rings (SSSR count). The molecular weight excluding hydrogens is 470 g/mol. The van der Waals surface area contributed by atoms with Crippen molar-refractivity contribution >= 4 is 17.7 Å². The molecule has 0 amide bonds. The molecular formula is C14H11O2SU-. The van der Waals surface area contributed by atoms with Crippen LogP contribution in [-0.4, -0.2) is 11.1 Å². The predicted octanol–water partition coefficient (Wildman–Crippen LogP) is 3.64. The van der Waals surface area contributed by atoms with Gasteiger partial charge in [-0.1, -0.05) is 24.0 Å². The van der Waals surface area contributed by atoms with Gasteiger partial charge in [0.15, 0.2) is 0 Å². The van der Waals surface area contributed by atoms with E-state index in [9.17, 15) is 4.79 Å². The summed E-state index contributed by atoms with van der Waals surface area (Å²) < 4.78 is 0. The molecule has 0 saturated carbocycles. The molecule has 1 N–H and O–H groups in total. The molecule has 2 aromatic rings. The molecule has 0 aliphatic rings. The first-order valence-corrected chi connectivity index (χ1v) is 5.97. The third kappa shape index (κ3) is 3.65. The first-order valence-electron chi connectivity index (χ1n) is 5.15. The summed E-state index contributed by atoms with van der Waals surface area (Å²) in [7, 11) is 0. The van der Waals surface area contributed by atoms with E-state index in [4.69, 9.17) is 5.11 Å². The Labute approximate surface area is 134 Å². The van der Waals surface area contributed by atoms with Crippen LogP contribution in [0.5, 0.6) is 0 Å². The van der Waals surface area contributed by atoms with E-state index in [1.165, 1.54) is 11.8 Å². The fourth-order valence-corrected chi connectivity index (χ4v) is 2.46. The molecule has 0 bridgehead atoms. The van der Waals surface area contributed by atoms with Gasteiger partial charge in [-0.2, -0.15) is 36.0 Å². The Morgan fingerprint density at radius 3 is 2.61 bits per heavy atom. The molecule has 0 fully saturated rings. The molecule has 4 heteroatoms. The minimum Gasteiger partial charge on any atom is -0.478 e. The molecule has 0 saturated heterocycles. The first kappa shape index (κ1) is 15.4. The van der Waals surface area contributed by atoms with Crippen molar-refractivity contribution in [1.29, 1.82) is 0 Å². The van der Waals surface area contributed by atoms with E-state index in [-0.39, 0.29) is 31.1 Å². The van der Waals surface area contributed by atoms with Crippen LogP contribution in [0.2, 0.25) is 0 Å². The van der Waals surface area contributed by atoms with Gasteiger partial charge in [0.2, 0.25) is 0 Å². The third-order valence-electron chi connectivity index (χ3n) is 2.37. The maximum Gasteiger partial charge on any atom is 0.336 e. The fourth-order valence-electron chi connectivity index (χ4n) is 1.45. The summed E-state index contributed by atoms with van der Waals surface area (Å²) in [4.78, 5) is 12.9. The van der Waals surface area contributed by atoms with Crippen LogP contribution in [0.25, 0.3) is 0 Å². The van der Waals surface area contributed by atoms with Crippen LogP contribution in [-0.2, 0) is 0 Å². The second kappa shape index (κ2) is 7.04. The van der Waals surface area contributed by atoms with Crippen molar-refractivity contribution in [2.75, 3.05) is 0 Å². The van der Waals surface area contributed by atoms with Gasteiger partial charge in [0.25, 0.3) is 0 Å². The van der Waals surface area contributed by atoms with Crippen molar-refractivity contribution < 1.29 is 41.0 Å². The summed E-state index contributed by atoms with van der Waals surface area (Å²) >= 11 is 1.46. The number of aryl methyl sites for hydroxylation is 1. The van der Waals surface area contributed by atoms with Crippen LogP contribution in [0.4, 0.5) is 0 Å². The second-order valence-electron chi connectivity index (χ2n) is 3.59. The van der Waals surface area contributed by atoms with Crippen molar-refractivity contribution in [3.05, 3.63) is 59.7 Å². The first-order chi connectivity index (χ1) is 8.18. The van der Waals surface area contributed by atoms with Gasteiger partial charge in [-0.25, -0.2) is 4.79 Å². The molecule has 0 aliphatic heterocycles. The minimum atomic E-state index is -0.898. The molecule has 0 aromatic heterocycles. The predicted molar refractivity (Wildman–Crippen MR) is 67.5 cm³/mol. The fraction of sp³-hybridized carbons (Fsp3) is 0.0714. The molecule has 0 unspecified atom stereocenters. The zero-order valence-electron chi connectivity index (χ0n) is 9.81. The Hall–Kier alpha value is -0.688. The maximum absolute atomic E-state index is 11.1. The summed E-state index contributed by atoms with van der Waals surface area (Å²) in [6, 6.07) is 15.7. The summed E-state index contributed by atoms with van der Waals surface area (Å²) in [5.41, 5.74) is 1.45. The zero-order valence-corrected chi connectivity index (χ0v) is 14.8. The summed E-state index contributed by atoms with van der Waals surface area (Å²) in [5.74, 6) is -0.898. The molecule has 0 atom stereocenters. The van der Waals surface area contributed by atoms with Crippen LogP contribution >= 0.6 is 11.8 Å². The van der Waals surface area contributed by atoms with Crippen molar-refractivity contribution in [2.45, 2.75) is 16.7 Å². The monoisotopic (exact) mass is 481 g/mol. The normalized spacial score (nSPS) is 9.61. The maximum atomic E-state index is 11.1. The standard InChI is InChI=1S/C14H11O2S.U/c1-10-6-2-4-8-12(10)17-13-9-5-3-7-11(13)14(15)16;/h2-3,5-9H,1H3,(H,15,16);/q-1;. The molecule has 0 aliphatic carbocycles. The van der Waals surface area contributed by atoms with Crippen LogP contribution < -0.4 is 0 Å². The van der Waals surface area contributed by atoms with E-state index in [2.05, 4.69) is 6.07 Å². The van der Waals surface area contributed by atoms with Crippen LogP contribution in [0.15, 0.2) is 52.3 Å². The van der Waals surface area contributed by atoms with E-state index in [1.54, 1.807) is 12.1 Å². The van der Waals surface area contributed by atoms with Gasteiger partial charge in [0, 0.05) is 36.0 Å². The van der Waals surface area contributed by atoms with E-state index in [1.807, 2.05) is 37.3 Å². The Balaban J connectivity index is 0.00000162. The van der Waals surface area contributed by atoms with Gasteiger partial charge < -0.3 is 5.11 Å². The molecule has 18 heavy (non-hydrogen) atoms. The van der Waals surface area contributed by atoms with E-state index in [0.29, 0.717) is 5.56 Å². The number of carboxylic acid groups (broad SMARTS) is 1. The minimum absolute atomic E-state index is 0. The van der Waals surface area contributed by atoms with Gasteiger partial charge in [0.1, 0.15) is 0 Å². The van der Waals surface area contributed by atoms with Crippen LogP contribution in [0, 0.1) is 44.1 Å². The van der Waals surface area contributed by atoms with Crippen molar-refractivity contribution in [2.24, 2.45) is 0 Å². The topological polar surface area (TPSA) is 37.3 Å². The van der Waals surface area contributed by atoms with Crippen molar-refractivity contribution in [1.82, 2.24) is 0 Å². The summed E-state index contributed by atoms with van der Waals surface area (Å²) in [6.45, 7) is 2.00. The average Bonchev–Trinajstić information content (AvgIpc) is 2.32. The van der Waals surface area contributed by atoms with Crippen molar-refractivity contribution in [3.8, 4) is 0 Å². The van der Waals surface area contributed by atoms with Gasteiger partial charge in [-0.3, -0.25) is 0 Å². The molecule has 2 aromatic carbocycles. The zero-order chi connectivity index (χ0) is 12.3. The Bertz CT molecular complexity index is 555. The molecule has 2 nitrogen and oxygen atoms in total. The Kier molecular flexibility index (Phi) is 6.01. The number of rotatable bonds is 3. The Morgan fingerprint density at radius 2 is 1.94 bits per heavy atom. The number of hydrogen-bond acceptors (Lipinski definition) is 2. The van der Waals surface area contributed by atoms with Gasteiger partial charge in [-0.15, -0.1) is 5.56 Å². The molecule has 0 radical (unpaired) electrons. The number of hydrogen-bond donors (Lipinski definition) is 1. The summed E-state index contributed by atoms with van der Waals surface area (Å²) in [5, 5.41) is 9.09. The second-order valence-corrected chi connectivity index (χ2v) is 4.68. The average molecular weight is 481 g/mol. The third-order valence-corrected chi connectivity index (χ3v) is 3.61. The van der Waals surface area contributed by atoms with Gasteiger partial charge in [-0.05, 0) is 12.1 Å². The SMILES string of the molecule is Cc1cc[c-]cc1Sc1ccccc1C(=O)O.[U]. The number of carbonyl (C=O) groups is 1. The molecule has 90 valence electrons. The quantitative estimate of drug-likeness (QED) is 0.681. The van der Waals surface area contributed by atoms with E-state index < -0.39 is 5.97 Å². The van der Waals surface area contributed by atoms with Crippen molar-refractivity contribution in [3.63, 3.8) is 0 Å². The largest absolute Gasteiger partial charge is 0.478 e. The molecule has 0 heterocycles. The van der Waals surface area contributed by atoms with Gasteiger partial charge >= 0.3 is 5.97 Å². The van der Waals surface area contributed by atoms with E-state index >= 15 is 0 Å².